The van der Waals surface area contributed by atoms with Crippen molar-refractivity contribution in [1.82, 2.24) is 4.98 Å². The van der Waals surface area contributed by atoms with Crippen LogP contribution in [0.4, 0.5) is 0 Å². The van der Waals surface area contributed by atoms with Crippen molar-refractivity contribution in [2.45, 2.75) is 26.2 Å². The SMILES string of the molecule is CCc1cncc(C2=CCCCO2)c1. The highest BCUT2D eigenvalue weighted by Crippen LogP contribution is 2.21. The first-order valence-electron chi connectivity index (χ1n) is 5.17. The second-order valence-electron chi connectivity index (χ2n) is 3.49. The Bertz CT molecular complexity index is 344. The van der Waals surface area contributed by atoms with E-state index in [9.17, 15) is 0 Å². The summed E-state index contributed by atoms with van der Waals surface area (Å²) in [6, 6.07) is 2.16. The van der Waals surface area contributed by atoms with Gasteiger partial charge in [-0.3, -0.25) is 4.98 Å². The van der Waals surface area contributed by atoms with Crippen molar-refractivity contribution in [2.24, 2.45) is 0 Å². The maximum Gasteiger partial charge on any atom is 0.124 e. The van der Waals surface area contributed by atoms with Gasteiger partial charge in [0.05, 0.1) is 6.61 Å². The summed E-state index contributed by atoms with van der Waals surface area (Å²) in [5.74, 6) is 0.999. The molecule has 14 heavy (non-hydrogen) atoms. The molecule has 1 aliphatic heterocycles. The van der Waals surface area contributed by atoms with Gasteiger partial charge in [-0.05, 0) is 37.0 Å². The summed E-state index contributed by atoms with van der Waals surface area (Å²) in [5.41, 5.74) is 2.38. The van der Waals surface area contributed by atoms with Crippen molar-refractivity contribution in [2.75, 3.05) is 6.61 Å². The Balaban J connectivity index is 2.26. The summed E-state index contributed by atoms with van der Waals surface area (Å²) < 4.78 is 5.58. The zero-order valence-electron chi connectivity index (χ0n) is 8.49. The number of hydrogen-bond acceptors (Lipinski definition) is 2. The average molecular weight is 189 g/mol. The van der Waals surface area contributed by atoms with Gasteiger partial charge in [-0.1, -0.05) is 6.92 Å². The number of allylic oxidation sites excluding steroid dienone is 1. The number of pyridine rings is 1. The van der Waals surface area contributed by atoms with Gasteiger partial charge in [-0.15, -0.1) is 0 Å². The monoisotopic (exact) mass is 189 g/mol. The highest BCUT2D eigenvalue weighted by atomic mass is 16.5. The highest BCUT2D eigenvalue weighted by Gasteiger charge is 2.07. The van der Waals surface area contributed by atoms with E-state index in [1.165, 1.54) is 5.56 Å². The number of aromatic nitrogens is 1. The summed E-state index contributed by atoms with van der Waals surface area (Å²) in [6.07, 6.45) is 9.20. The Morgan fingerprint density at radius 3 is 3.07 bits per heavy atom. The van der Waals surface area contributed by atoms with Crippen LogP contribution in [0, 0.1) is 0 Å². The molecule has 1 aromatic rings. The molecule has 2 rings (SSSR count). The van der Waals surface area contributed by atoms with Gasteiger partial charge in [0.1, 0.15) is 5.76 Å². The van der Waals surface area contributed by atoms with E-state index in [0.717, 1.165) is 37.2 Å². The van der Waals surface area contributed by atoms with Gasteiger partial charge in [0.2, 0.25) is 0 Å². The summed E-state index contributed by atoms with van der Waals surface area (Å²) in [6.45, 7) is 2.97. The van der Waals surface area contributed by atoms with Gasteiger partial charge in [-0.25, -0.2) is 0 Å². The third-order valence-electron chi connectivity index (χ3n) is 2.42. The summed E-state index contributed by atoms with van der Waals surface area (Å²) in [5, 5.41) is 0. The normalized spacial score (nSPS) is 15.9. The maximum atomic E-state index is 5.58. The molecule has 2 heteroatoms. The minimum absolute atomic E-state index is 0.836. The number of hydrogen-bond donors (Lipinski definition) is 0. The zero-order chi connectivity index (χ0) is 9.80. The molecule has 0 bridgehead atoms. The van der Waals surface area contributed by atoms with Gasteiger partial charge in [0.25, 0.3) is 0 Å². The number of nitrogens with zero attached hydrogens (tertiary/aromatic N) is 1. The molecule has 0 amide bonds. The van der Waals surface area contributed by atoms with Crippen LogP contribution in [-0.4, -0.2) is 11.6 Å². The molecule has 0 N–H and O–H groups in total. The maximum absolute atomic E-state index is 5.58. The Morgan fingerprint density at radius 1 is 1.43 bits per heavy atom. The van der Waals surface area contributed by atoms with Crippen molar-refractivity contribution >= 4 is 5.76 Å². The highest BCUT2D eigenvalue weighted by molar-refractivity contribution is 5.59. The molecule has 0 spiro atoms. The van der Waals surface area contributed by atoms with E-state index in [-0.39, 0.29) is 0 Å². The molecule has 2 nitrogen and oxygen atoms in total. The Labute approximate surface area is 84.6 Å². The van der Waals surface area contributed by atoms with Crippen LogP contribution in [0.15, 0.2) is 24.5 Å². The fourth-order valence-electron chi connectivity index (χ4n) is 1.57. The molecule has 2 heterocycles. The van der Waals surface area contributed by atoms with Crippen molar-refractivity contribution < 1.29 is 4.74 Å². The van der Waals surface area contributed by atoms with E-state index in [1.807, 2.05) is 12.4 Å². The lowest BCUT2D eigenvalue weighted by atomic mass is 10.1. The van der Waals surface area contributed by atoms with Gasteiger partial charge in [-0.2, -0.15) is 0 Å². The molecule has 0 saturated heterocycles. The van der Waals surface area contributed by atoms with E-state index in [2.05, 4.69) is 24.1 Å². The first kappa shape index (κ1) is 9.25. The van der Waals surface area contributed by atoms with Crippen molar-refractivity contribution in [1.29, 1.82) is 0 Å². The smallest absolute Gasteiger partial charge is 0.124 e. The van der Waals surface area contributed by atoms with Crippen LogP contribution in [0.2, 0.25) is 0 Å². The summed E-state index contributed by atoms with van der Waals surface area (Å²) in [7, 11) is 0. The van der Waals surface area contributed by atoms with Gasteiger partial charge < -0.3 is 4.74 Å². The first-order chi connectivity index (χ1) is 6.90. The summed E-state index contributed by atoms with van der Waals surface area (Å²) >= 11 is 0. The molecule has 0 aliphatic carbocycles. The second-order valence-corrected chi connectivity index (χ2v) is 3.49. The molecule has 0 radical (unpaired) electrons. The van der Waals surface area contributed by atoms with Crippen molar-refractivity contribution in [3.05, 3.63) is 35.7 Å². The van der Waals surface area contributed by atoms with Gasteiger partial charge in [0.15, 0.2) is 0 Å². The van der Waals surface area contributed by atoms with Crippen molar-refractivity contribution in [3.8, 4) is 0 Å². The molecule has 0 fully saturated rings. The van der Waals surface area contributed by atoms with Gasteiger partial charge in [0, 0.05) is 18.0 Å². The van der Waals surface area contributed by atoms with Crippen LogP contribution in [0.5, 0.6) is 0 Å². The van der Waals surface area contributed by atoms with E-state index in [0.29, 0.717) is 0 Å². The number of aryl methyl sites for hydroxylation is 1. The lowest BCUT2D eigenvalue weighted by Gasteiger charge is -2.15. The van der Waals surface area contributed by atoms with Crippen LogP contribution < -0.4 is 0 Å². The fraction of sp³-hybridized carbons (Fsp3) is 0.417. The molecule has 0 saturated carbocycles. The lowest BCUT2D eigenvalue weighted by molar-refractivity contribution is 0.258. The molecule has 0 unspecified atom stereocenters. The molecule has 0 atom stereocenters. The van der Waals surface area contributed by atoms with E-state index >= 15 is 0 Å². The minimum atomic E-state index is 0.836. The molecule has 1 aromatic heterocycles. The molecule has 0 aromatic carbocycles. The number of rotatable bonds is 2. The molecular formula is C12H15NO. The third-order valence-corrected chi connectivity index (χ3v) is 2.42. The Hall–Kier alpha value is -1.31. The largest absolute Gasteiger partial charge is 0.493 e. The van der Waals surface area contributed by atoms with E-state index in [1.54, 1.807) is 0 Å². The predicted molar refractivity (Wildman–Crippen MR) is 56.8 cm³/mol. The molecular weight excluding hydrogens is 174 g/mol. The lowest BCUT2D eigenvalue weighted by Crippen LogP contribution is -2.01. The van der Waals surface area contributed by atoms with Crippen LogP contribution in [0.25, 0.3) is 5.76 Å². The summed E-state index contributed by atoms with van der Waals surface area (Å²) in [4.78, 5) is 4.21. The van der Waals surface area contributed by atoms with E-state index in [4.69, 9.17) is 4.74 Å². The quantitative estimate of drug-likeness (QED) is 0.713. The number of ether oxygens (including phenoxy) is 1. The van der Waals surface area contributed by atoms with Crippen LogP contribution in [0.1, 0.15) is 30.9 Å². The third kappa shape index (κ3) is 1.95. The van der Waals surface area contributed by atoms with Crippen LogP contribution in [-0.2, 0) is 11.2 Å². The molecule has 74 valence electrons. The van der Waals surface area contributed by atoms with Crippen LogP contribution in [0.3, 0.4) is 0 Å². The zero-order valence-corrected chi connectivity index (χ0v) is 8.49. The topological polar surface area (TPSA) is 22.1 Å². The predicted octanol–water partition coefficient (Wildman–Crippen LogP) is 2.80. The standard InChI is InChI=1S/C12H15NO/c1-2-10-7-11(9-13-8-10)12-5-3-4-6-14-12/h5,7-9H,2-4,6H2,1H3. The second kappa shape index (κ2) is 4.27. The van der Waals surface area contributed by atoms with Crippen LogP contribution >= 0.6 is 0 Å². The van der Waals surface area contributed by atoms with Crippen molar-refractivity contribution in [3.63, 3.8) is 0 Å². The van der Waals surface area contributed by atoms with Gasteiger partial charge >= 0.3 is 0 Å². The Kier molecular flexibility index (Phi) is 2.82. The van der Waals surface area contributed by atoms with E-state index < -0.39 is 0 Å². The Morgan fingerprint density at radius 2 is 2.36 bits per heavy atom. The minimum Gasteiger partial charge on any atom is -0.493 e. The average Bonchev–Trinajstić information content (AvgIpc) is 2.30. The first-order valence-corrected chi connectivity index (χ1v) is 5.17. The molecule has 1 aliphatic rings. The fourth-order valence-corrected chi connectivity index (χ4v) is 1.57.